The normalized spacial score (nSPS) is 21.2. The summed E-state index contributed by atoms with van der Waals surface area (Å²) in [4.78, 5) is 48.7. The van der Waals surface area contributed by atoms with Crippen LogP contribution in [0, 0.1) is 28.4 Å². The van der Waals surface area contributed by atoms with E-state index in [1.165, 1.54) is 35.2 Å². The fourth-order valence-corrected chi connectivity index (χ4v) is 9.83. The van der Waals surface area contributed by atoms with E-state index in [9.17, 15) is 19.6 Å². The highest BCUT2D eigenvalue weighted by Crippen LogP contribution is 2.54. The van der Waals surface area contributed by atoms with Crippen LogP contribution in [0.4, 0.5) is 30.8 Å². The first-order valence-electron chi connectivity index (χ1n) is 20.3. The lowest BCUT2D eigenvalue weighted by Crippen LogP contribution is -2.49. The Morgan fingerprint density at radius 1 is 1.03 bits per heavy atom. The van der Waals surface area contributed by atoms with Gasteiger partial charge in [-0.2, -0.15) is 10.4 Å². The van der Waals surface area contributed by atoms with Crippen molar-refractivity contribution >= 4 is 63.1 Å². The number of imide groups is 1. The number of carbonyl (C=O) groups is 2. The molecular weight excluding hydrogens is 793 g/mol. The van der Waals surface area contributed by atoms with E-state index in [1.54, 1.807) is 46.9 Å². The number of aromatic nitrogens is 4. The van der Waals surface area contributed by atoms with Crippen molar-refractivity contribution in [3.8, 4) is 17.6 Å². The maximum atomic E-state index is 15.8. The molecule has 60 heavy (non-hydrogen) atoms. The number of hydrogen-bond acceptors (Lipinski definition) is 12. The molecule has 0 unspecified atom stereocenters. The van der Waals surface area contributed by atoms with Crippen LogP contribution in [-0.4, -0.2) is 92.8 Å². The summed E-state index contributed by atoms with van der Waals surface area (Å²) in [5, 5.41) is 17.6. The van der Waals surface area contributed by atoms with Gasteiger partial charge in [0, 0.05) is 75.8 Å². The topological polar surface area (TPSA) is 157 Å². The van der Waals surface area contributed by atoms with Crippen LogP contribution in [0.15, 0.2) is 53.6 Å². The second-order valence-corrected chi connectivity index (χ2v) is 17.3. The second-order valence-electron chi connectivity index (χ2n) is 16.3. The maximum absolute atomic E-state index is 15.8. The number of piperidine rings is 1. The summed E-state index contributed by atoms with van der Waals surface area (Å²) in [6.45, 7) is 6.25. The first-order valence-corrected chi connectivity index (χ1v) is 21.0. The number of likely N-dealkylation sites (tertiary alicyclic amines) is 1. The zero-order valence-corrected chi connectivity index (χ0v) is 34.4. The van der Waals surface area contributed by atoms with Gasteiger partial charge >= 0.3 is 6.03 Å². The molecule has 4 aliphatic rings. The lowest BCUT2D eigenvalue weighted by Gasteiger charge is -2.46. The Morgan fingerprint density at radius 3 is 2.58 bits per heavy atom. The van der Waals surface area contributed by atoms with Crippen molar-refractivity contribution in [2.75, 3.05) is 60.8 Å². The number of nitrogens with zero attached hydrogens (tertiary/aromatic N) is 9. The lowest BCUT2D eigenvalue weighted by molar-refractivity contribution is -0.120. The van der Waals surface area contributed by atoms with Crippen molar-refractivity contribution < 1.29 is 23.1 Å². The zero-order chi connectivity index (χ0) is 41.9. The third kappa shape index (κ3) is 7.17. The Bertz CT molecular complexity index is 2630. The van der Waals surface area contributed by atoms with Crippen LogP contribution in [0.5, 0.6) is 11.5 Å². The summed E-state index contributed by atoms with van der Waals surface area (Å²) in [7, 11) is 3.65. The number of nitrogens with one attached hydrogen (secondary N) is 2. The van der Waals surface area contributed by atoms with Gasteiger partial charge in [0.1, 0.15) is 23.2 Å². The van der Waals surface area contributed by atoms with Crippen LogP contribution in [0.1, 0.15) is 57.1 Å². The van der Waals surface area contributed by atoms with Crippen molar-refractivity contribution in [2.45, 2.75) is 57.5 Å². The first-order chi connectivity index (χ1) is 28.9. The molecule has 1 saturated carbocycles. The molecule has 9 rings (SSSR count). The smallest absolute Gasteiger partial charge is 0.329 e. The monoisotopic (exact) mass is 837 g/mol. The molecule has 1 aliphatic carbocycles. The van der Waals surface area contributed by atoms with Crippen LogP contribution in [0.3, 0.4) is 0 Å². The number of rotatable bonds is 10. The van der Waals surface area contributed by atoms with Gasteiger partial charge in [0.15, 0.2) is 17.4 Å². The Hall–Kier alpha value is -5.77. The highest BCUT2D eigenvalue weighted by molar-refractivity contribution is 7.98. The van der Waals surface area contributed by atoms with E-state index < -0.39 is 11.8 Å². The molecule has 0 atom stereocenters. The predicted octanol–water partition coefficient (Wildman–Crippen LogP) is 6.29. The third-order valence-electron chi connectivity index (χ3n) is 12.7. The van der Waals surface area contributed by atoms with Gasteiger partial charge in [-0.1, -0.05) is 6.92 Å². The van der Waals surface area contributed by atoms with Gasteiger partial charge in [0.05, 0.1) is 34.1 Å². The van der Waals surface area contributed by atoms with Crippen LogP contribution < -0.4 is 30.1 Å². The van der Waals surface area contributed by atoms with E-state index in [-0.39, 0.29) is 58.8 Å². The Labute approximate surface area is 349 Å². The summed E-state index contributed by atoms with van der Waals surface area (Å²) < 4.78 is 45.1. The highest BCUT2D eigenvalue weighted by atomic mass is 32.2. The predicted molar refractivity (Wildman–Crippen MR) is 225 cm³/mol. The molecule has 0 radical (unpaired) electrons. The molecule has 18 heteroatoms. The van der Waals surface area contributed by atoms with Crippen molar-refractivity contribution in [2.24, 2.45) is 12.5 Å². The van der Waals surface area contributed by atoms with E-state index in [1.807, 2.05) is 18.3 Å². The van der Waals surface area contributed by atoms with Gasteiger partial charge in [-0.3, -0.25) is 34.0 Å². The van der Waals surface area contributed by atoms with Gasteiger partial charge in [0.25, 0.3) is 5.56 Å². The molecule has 15 nitrogen and oxygen atoms in total. The molecule has 2 N–H and O–H groups in total. The summed E-state index contributed by atoms with van der Waals surface area (Å²) in [6.07, 6.45) is 6.33. The number of carbonyl (C=O) groups excluding carboxylic acids is 2. The van der Waals surface area contributed by atoms with Gasteiger partial charge in [-0.25, -0.2) is 22.9 Å². The third-order valence-corrected chi connectivity index (χ3v) is 13.6. The van der Waals surface area contributed by atoms with Crippen LogP contribution in [0.25, 0.3) is 21.8 Å². The number of amides is 3. The van der Waals surface area contributed by atoms with Gasteiger partial charge < -0.3 is 14.4 Å². The minimum atomic E-state index is -0.691. The second kappa shape index (κ2) is 15.7. The number of anilines is 3. The van der Waals surface area contributed by atoms with Crippen LogP contribution in [0.2, 0.25) is 0 Å². The molecule has 5 heterocycles. The van der Waals surface area contributed by atoms with Crippen LogP contribution >= 0.6 is 12.1 Å². The standard InChI is InChI=1S/C42H45F2N11O4S/c1-4-50(2)60-49-34-8-6-31(43)38(30(34)22-45)59-27-5-7-33-28(17-27)40(57)55(24-46-33)26-20-42(21-26)12-16-53(23-42)25-9-13-52(14-10-25)36-19-35-29(18-32(36)44)39(48-51(35)3)54-15-11-37(56)47-41(54)58/h5-8,17-19,24-26,49H,4,9-16,20-21,23H2,1-3H3,(H,47,56,58). The molecule has 1 spiro atoms. The van der Waals surface area contributed by atoms with Crippen molar-refractivity contribution in [3.63, 3.8) is 0 Å². The molecule has 0 bridgehead atoms. The SMILES string of the molecule is CCN(C)SNc1ccc(F)c(Oc2ccc3ncn(C4CC5(CCN(C6CCN(c7cc8c(cc7F)c(N7CCC(=O)NC7=O)nn8C)CC6)C5)C4)c(=O)c3c2)c1C#N. The van der Waals surface area contributed by atoms with E-state index in [4.69, 9.17) is 4.74 Å². The van der Waals surface area contributed by atoms with Crippen molar-refractivity contribution in [3.05, 3.63) is 76.3 Å². The van der Waals surface area contributed by atoms with E-state index >= 15 is 8.78 Å². The number of aryl methyl sites for hydroxylation is 1. The Balaban J connectivity index is 0.835. The quantitative estimate of drug-likeness (QED) is 0.152. The summed E-state index contributed by atoms with van der Waals surface area (Å²) in [5.41, 5.74) is 2.07. The number of nitriles is 1. The molecule has 3 saturated heterocycles. The van der Waals surface area contributed by atoms with E-state index in [0.717, 1.165) is 51.7 Å². The average molecular weight is 838 g/mol. The zero-order valence-electron chi connectivity index (χ0n) is 33.6. The molecule has 5 aromatic rings. The number of ether oxygens (including phenoxy) is 1. The fraction of sp³-hybridized carbons (Fsp3) is 0.429. The van der Waals surface area contributed by atoms with Gasteiger partial charge in [0.2, 0.25) is 5.91 Å². The largest absolute Gasteiger partial charge is 0.453 e. The molecule has 3 aliphatic heterocycles. The number of urea groups is 1. The molecule has 312 valence electrons. The maximum Gasteiger partial charge on any atom is 0.329 e. The van der Waals surface area contributed by atoms with Crippen molar-refractivity contribution in [1.82, 2.24) is 33.9 Å². The van der Waals surface area contributed by atoms with Gasteiger partial charge in [-0.15, -0.1) is 0 Å². The molecule has 3 amide bonds. The number of fused-ring (bicyclic) bond motifs is 2. The van der Waals surface area contributed by atoms with Crippen LogP contribution in [-0.2, 0) is 11.8 Å². The highest BCUT2D eigenvalue weighted by Gasteiger charge is 2.50. The molecule has 4 fully saturated rings. The number of benzene rings is 3. The Morgan fingerprint density at radius 2 is 1.83 bits per heavy atom. The van der Waals surface area contributed by atoms with Crippen molar-refractivity contribution in [1.29, 1.82) is 5.26 Å². The van der Waals surface area contributed by atoms with E-state index in [2.05, 4.69) is 36.0 Å². The average Bonchev–Trinajstić information content (AvgIpc) is 3.82. The summed E-state index contributed by atoms with van der Waals surface area (Å²) in [6, 6.07) is 12.7. The number of hydrogen-bond donors (Lipinski definition) is 2. The first kappa shape index (κ1) is 39.7. The van der Waals surface area contributed by atoms with Gasteiger partial charge in [-0.05, 0) is 93.6 Å². The minimum Gasteiger partial charge on any atom is -0.453 e. The minimum absolute atomic E-state index is 0.00196. The van der Waals surface area contributed by atoms with E-state index in [0.29, 0.717) is 58.1 Å². The molecule has 3 aromatic carbocycles. The fourth-order valence-electron chi connectivity index (χ4n) is 9.28. The Kier molecular flexibility index (Phi) is 10.4. The number of halogens is 2. The lowest BCUT2D eigenvalue weighted by atomic mass is 9.65. The molecule has 2 aromatic heterocycles. The summed E-state index contributed by atoms with van der Waals surface area (Å²) in [5.74, 6) is -1.07. The summed E-state index contributed by atoms with van der Waals surface area (Å²) >= 11 is 1.28. The molecular formula is C42H45F2N11O4S.